The molecule has 0 radical (unpaired) electrons. The summed E-state index contributed by atoms with van der Waals surface area (Å²) in [7, 11) is 0. The third-order valence-electron chi connectivity index (χ3n) is 2.09. The molecular weight excluding hydrogens is 286 g/mol. The summed E-state index contributed by atoms with van der Waals surface area (Å²) in [6.07, 6.45) is 0. The summed E-state index contributed by atoms with van der Waals surface area (Å²) < 4.78 is 5.69. The van der Waals surface area contributed by atoms with E-state index in [2.05, 4.69) is 21.2 Å². The number of halogens is 1. The lowest BCUT2D eigenvalue weighted by atomic mass is 10.2. The number of nitrogens with one attached hydrogen (secondary N) is 1. The minimum Gasteiger partial charge on any atom is -0.464 e. The van der Waals surface area contributed by atoms with Crippen molar-refractivity contribution >= 4 is 27.8 Å². The van der Waals surface area contributed by atoms with Crippen LogP contribution in [0.2, 0.25) is 0 Å². The summed E-state index contributed by atoms with van der Waals surface area (Å²) in [6.45, 7) is 3.62. The van der Waals surface area contributed by atoms with Crippen LogP contribution in [-0.4, -0.2) is 24.5 Å². The summed E-state index contributed by atoms with van der Waals surface area (Å²) in [5.41, 5.74) is 0.504. The molecule has 0 fully saturated rings. The highest BCUT2D eigenvalue weighted by atomic mass is 79.9. The molecule has 1 amide bonds. The van der Waals surface area contributed by atoms with Crippen LogP contribution in [-0.2, 0) is 9.53 Å². The second kappa shape index (κ2) is 6.39. The first-order chi connectivity index (χ1) is 8.04. The molecule has 92 valence electrons. The van der Waals surface area contributed by atoms with Gasteiger partial charge in [0.1, 0.15) is 6.04 Å². The maximum absolute atomic E-state index is 11.7. The van der Waals surface area contributed by atoms with Crippen molar-refractivity contribution < 1.29 is 14.3 Å². The first-order valence-electron chi connectivity index (χ1n) is 5.27. The van der Waals surface area contributed by atoms with Crippen molar-refractivity contribution in [3.8, 4) is 0 Å². The third kappa shape index (κ3) is 4.19. The molecule has 1 aromatic carbocycles. The topological polar surface area (TPSA) is 55.4 Å². The number of hydrogen-bond donors (Lipinski definition) is 1. The highest BCUT2D eigenvalue weighted by Crippen LogP contribution is 2.10. The molecule has 1 atom stereocenters. The molecule has 0 aliphatic rings. The van der Waals surface area contributed by atoms with Gasteiger partial charge in [0.25, 0.3) is 5.91 Å². The van der Waals surface area contributed by atoms with Gasteiger partial charge in [-0.3, -0.25) is 4.79 Å². The van der Waals surface area contributed by atoms with Crippen molar-refractivity contribution in [3.63, 3.8) is 0 Å². The van der Waals surface area contributed by atoms with Crippen LogP contribution in [0, 0.1) is 0 Å². The maximum Gasteiger partial charge on any atom is 0.328 e. The monoisotopic (exact) mass is 299 g/mol. The Balaban J connectivity index is 2.60. The van der Waals surface area contributed by atoms with Crippen LogP contribution >= 0.6 is 15.9 Å². The quantitative estimate of drug-likeness (QED) is 0.867. The standard InChI is InChI=1S/C12H14BrNO3/c1-3-17-12(16)8(2)14-11(15)9-4-6-10(13)7-5-9/h4-8H,3H2,1-2H3,(H,14,15)/t8-/m0/s1. The fourth-order valence-corrected chi connectivity index (χ4v) is 1.47. The lowest BCUT2D eigenvalue weighted by Crippen LogP contribution is -2.39. The Labute approximate surface area is 108 Å². The summed E-state index contributed by atoms with van der Waals surface area (Å²) in [4.78, 5) is 23.1. The van der Waals surface area contributed by atoms with Crippen molar-refractivity contribution in [1.82, 2.24) is 5.32 Å². The lowest BCUT2D eigenvalue weighted by molar-refractivity contribution is -0.144. The van der Waals surface area contributed by atoms with Crippen LogP contribution in [0.15, 0.2) is 28.7 Å². The van der Waals surface area contributed by atoms with E-state index in [1.165, 1.54) is 0 Å². The zero-order chi connectivity index (χ0) is 12.8. The zero-order valence-corrected chi connectivity index (χ0v) is 11.3. The van der Waals surface area contributed by atoms with E-state index in [0.717, 1.165) is 4.47 Å². The molecule has 17 heavy (non-hydrogen) atoms. The Hall–Kier alpha value is -1.36. The Morgan fingerprint density at radius 3 is 2.47 bits per heavy atom. The average molecular weight is 300 g/mol. The van der Waals surface area contributed by atoms with Crippen molar-refractivity contribution in [2.24, 2.45) is 0 Å². The molecular formula is C12H14BrNO3. The predicted octanol–water partition coefficient (Wildman–Crippen LogP) is 2.13. The van der Waals surface area contributed by atoms with Crippen LogP contribution in [0.3, 0.4) is 0 Å². The van der Waals surface area contributed by atoms with Gasteiger partial charge in [0.2, 0.25) is 0 Å². The van der Waals surface area contributed by atoms with Crippen molar-refractivity contribution in [1.29, 1.82) is 0 Å². The third-order valence-corrected chi connectivity index (χ3v) is 2.62. The Morgan fingerprint density at radius 2 is 1.94 bits per heavy atom. The van der Waals surface area contributed by atoms with Crippen LogP contribution in [0.5, 0.6) is 0 Å². The van der Waals surface area contributed by atoms with E-state index in [0.29, 0.717) is 12.2 Å². The summed E-state index contributed by atoms with van der Waals surface area (Å²) >= 11 is 3.28. The van der Waals surface area contributed by atoms with E-state index in [1.807, 2.05) is 0 Å². The molecule has 0 aromatic heterocycles. The number of carbonyl (C=O) groups excluding carboxylic acids is 2. The summed E-state index contributed by atoms with van der Waals surface area (Å²) in [5, 5.41) is 2.57. The molecule has 1 N–H and O–H groups in total. The van der Waals surface area contributed by atoms with Gasteiger partial charge in [0.05, 0.1) is 6.61 Å². The van der Waals surface area contributed by atoms with Crippen LogP contribution in [0.4, 0.5) is 0 Å². The first-order valence-corrected chi connectivity index (χ1v) is 6.07. The Kier molecular flexibility index (Phi) is 5.15. The highest BCUT2D eigenvalue weighted by Gasteiger charge is 2.17. The van der Waals surface area contributed by atoms with Crippen molar-refractivity contribution in [3.05, 3.63) is 34.3 Å². The second-order valence-corrected chi connectivity index (χ2v) is 4.37. The van der Waals surface area contributed by atoms with E-state index >= 15 is 0 Å². The number of benzene rings is 1. The van der Waals surface area contributed by atoms with Gasteiger partial charge < -0.3 is 10.1 Å². The number of rotatable bonds is 4. The number of carbonyl (C=O) groups is 2. The molecule has 0 saturated heterocycles. The first kappa shape index (κ1) is 13.7. The van der Waals surface area contributed by atoms with Gasteiger partial charge in [-0.05, 0) is 38.1 Å². The number of amides is 1. The minimum absolute atomic E-state index is 0.293. The van der Waals surface area contributed by atoms with Crippen molar-refractivity contribution in [2.75, 3.05) is 6.61 Å². The molecule has 0 spiro atoms. The van der Waals surface area contributed by atoms with Gasteiger partial charge in [-0.15, -0.1) is 0 Å². The number of hydrogen-bond acceptors (Lipinski definition) is 3. The van der Waals surface area contributed by atoms with E-state index in [-0.39, 0.29) is 5.91 Å². The van der Waals surface area contributed by atoms with Gasteiger partial charge in [-0.25, -0.2) is 4.79 Å². The van der Waals surface area contributed by atoms with Gasteiger partial charge in [0, 0.05) is 10.0 Å². The van der Waals surface area contributed by atoms with Gasteiger partial charge in [-0.1, -0.05) is 15.9 Å². The van der Waals surface area contributed by atoms with Gasteiger partial charge in [-0.2, -0.15) is 0 Å². The molecule has 1 rings (SSSR count). The van der Waals surface area contributed by atoms with E-state index in [1.54, 1.807) is 38.1 Å². The molecule has 0 aliphatic carbocycles. The summed E-state index contributed by atoms with van der Waals surface area (Å²) in [5.74, 6) is -0.726. The lowest BCUT2D eigenvalue weighted by Gasteiger charge is -2.12. The molecule has 0 bridgehead atoms. The Morgan fingerprint density at radius 1 is 1.35 bits per heavy atom. The van der Waals surface area contributed by atoms with Gasteiger partial charge >= 0.3 is 5.97 Å². The maximum atomic E-state index is 11.7. The largest absolute Gasteiger partial charge is 0.464 e. The molecule has 0 saturated carbocycles. The van der Waals surface area contributed by atoms with Crippen molar-refractivity contribution in [2.45, 2.75) is 19.9 Å². The van der Waals surface area contributed by atoms with E-state index < -0.39 is 12.0 Å². The molecule has 0 heterocycles. The summed E-state index contributed by atoms with van der Waals surface area (Å²) in [6, 6.07) is 6.24. The predicted molar refractivity (Wildman–Crippen MR) is 67.7 cm³/mol. The normalized spacial score (nSPS) is 11.7. The molecule has 0 aliphatic heterocycles. The van der Waals surface area contributed by atoms with Crippen LogP contribution < -0.4 is 5.32 Å². The molecule has 5 heteroatoms. The Bertz CT molecular complexity index is 403. The molecule has 4 nitrogen and oxygen atoms in total. The van der Waals surface area contributed by atoms with Gasteiger partial charge in [0.15, 0.2) is 0 Å². The second-order valence-electron chi connectivity index (χ2n) is 3.45. The molecule has 0 unspecified atom stereocenters. The van der Waals surface area contributed by atoms with Crippen LogP contribution in [0.25, 0.3) is 0 Å². The fraction of sp³-hybridized carbons (Fsp3) is 0.333. The highest BCUT2D eigenvalue weighted by molar-refractivity contribution is 9.10. The minimum atomic E-state index is -0.647. The molecule has 1 aromatic rings. The SMILES string of the molecule is CCOC(=O)[C@H](C)NC(=O)c1ccc(Br)cc1. The van der Waals surface area contributed by atoms with E-state index in [9.17, 15) is 9.59 Å². The van der Waals surface area contributed by atoms with Crippen LogP contribution in [0.1, 0.15) is 24.2 Å². The fourth-order valence-electron chi connectivity index (χ4n) is 1.21. The smallest absolute Gasteiger partial charge is 0.328 e. The number of esters is 1. The van der Waals surface area contributed by atoms with E-state index in [4.69, 9.17) is 4.74 Å². The number of ether oxygens (including phenoxy) is 1. The zero-order valence-electron chi connectivity index (χ0n) is 9.70. The average Bonchev–Trinajstić information content (AvgIpc) is 2.30.